The van der Waals surface area contributed by atoms with E-state index < -0.39 is 0 Å². The number of nitrogens with zero attached hydrogens (tertiary/aromatic N) is 1. The molecular formula is C14H21N3O. The Morgan fingerprint density at radius 1 is 1.44 bits per heavy atom. The molecule has 0 spiro atoms. The lowest BCUT2D eigenvalue weighted by Crippen LogP contribution is -2.26. The summed E-state index contributed by atoms with van der Waals surface area (Å²) in [4.78, 5) is 16.1. The molecule has 0 atom stereocenters. The quantitative estimate of drug-likeness (QED) is 0.778. The fourth-order valence-corrected chi connectivity index (χ4v) is 1.88. The van der Waals surface area contributed by atoms with E-state index in [2.05, 4.69) is 22.5 Å². The third-order valence-electron chi connectivity index (χ3n) is 3.17. The second kappa shape index (κ2) is 6.38. The molecule has 1 heterocycles. The highest BCUT2D eigenvalue weighted by Gasteiger charge is 2.21. The molecule has 1 aromatic heterocycles. The molecule has 1 aromatic rings. The molecule has 0 aliphatic heterocycles. The van der Waals surface area contributed by atoms with Gasteiger partial charge in [-0.3, -0.25) is 9.78 Å². The number of hydrogen-bond donors (Lipinski definition) is 2. The largest absolute Gasteiger partial charge is 0.384 e. The van der Waals surface area contributed by atoms with Crippen molar-refractivity contribution in [2.75, 3.05) is 18.4 Å². The molecule has 0 saturated heterocycles. The standard InChI is InChI=1S/C14H21N3O/c1-2-7-16-13-6-8-15-10-12(13)14(18)17-9-5-11-3-4-11/h6,8,10-11H,2-5,7,9H2,1H3,(H,15,16)(H,17,18). The highest BCUT2D eigenvalue weighted by Crippen LogP contribution is 2.31. The first-order chi connectivity index (χ1) is 8.81. The average Bonchev–Trinajstić information content (AvgIpc) is 3.20. The molecule has 0 aromatic carbocycles. The van der Waals surface area contributed by atoms with Gasteiger partial charge in [-0.05, 0) is 24.8 Å². The molecule has 0 bridgehead atoms. The number of hydrogen-bond acceptors (Lipinski definition) is 3. The van der Waals surface area contributed by atoms with Gasteiger partial charge in [0.05, 0.1) is 11.3 Å². The minimum atomic E-state index is -0.0256. The summed E-state index contributed by atoms with van der Waals surface area (Å²) in [6.07, 6.45) is 8.12. The first kappa shape index (κ1) is 12.9. The Bertz CT molecular complexity index is 402. The zero-order chi connectivity index (χ0) is 12.8. The maximum atomic E-state index is 12.0. The second-order valence-electron chi connectivity index (χ2n) is 4.84. The first-order valence-corrected chi connectivity index (χ1v) is 6.77. The van der Waals surface area contributed by atoms with Gasteiger partial charge in [0.1, 0.15) is 0 Å². The van der Waals surface area contributed by atoms with Crippen molar-refractivity contribution in [1.82, 2.24) is 10.3 Å². The Morgan fingerprint density at radius 2 is 2.28 bits per heavy atom. The summed E-state index contributed by atoms with van der Waals surface area (Å²) in [5.41, 5.74) is 1.51. The van der Waals surface area contributed by atoms with E-state index in [0.29, 0.717) is 5.56 Å². The van der Waals surface area contributed by atoms with Gasteiger partial charge < -0.3 is 10.6 Å². The zero-order valence-electron chi connectivity index (χ0n) is 10.9. The van der Waals surface area contributed by atoms with Crippen LogP contribution in [0.1, 0.15) is 43.0 Å². The van der Waals surface area contributed by atoms with Crippen molar-refractivity contribution in [3.63, 3.8) is 0 Å². The predicted molar refractivity (Wildman–Crippen MR) is 72.7 cm³/mol. The summed E-state index contributed by atoms with van der Waals surface area (Å²) < 4.78 is 0. The Hall–Kier alpha value is -1.58. The smallest absolute Gasteiger partial charge is 0.254 e. The molecule has 4 heteroatoms. The van der Waals surface area contributed by atoms with Crippen molar-refractivity contribution in [3.8, 4) is 0 Å². The number of carbonyl (C=O) groups excluding carboxylic acids is 1. The van der Waals surface area contributed by atoms with Crippen LogP contribution in [0.4, 0.5) is 5.69 Å². The third kappa shape index (κ3) is 3.72. The van der Waals surface area contributed by atoms with E-state index in [4.69, 9.17) is 0 Å². The van der Waals surface area contributed by atoms with E-state index in [0.717, 1.165) is 37.5 Å². The minimum Gasteiger partial charge on any atom is -0.384 e. The molecule has 1 aliphatic carbocycles. The van der Waals surface area contributed by atoms with Crippen molar-refractivity contribution >= 4 is 11.6 Å². The molecule has 1 fully saturated rings. The fraction of sp³-hybridized carbons (Fsp3) is 0.571. The maximum Gasteiger partial charge on any atom is 0.254 e. The molecule has 0 radical (unpaired) electrons. The van der Waals surface area contributed by atoms with Crippen LogP contribution in [-0.2, 0) is 0 Å². The van der Waals surface area contributed by atoms with Crippen LogP contribution >= 0.6 is 0 Å². The van der Waals surface area contributed by atoms with E-state index in [-0.39, 0.29) is 5.91 Å². The lowest BCUT2D eigenvalue weighted by atomic mass is 10.2. The SMILES string of the molecule is CCCNc1ccncc1C(=O)NCCC1CC1. The first-order valence-electron chi connectivity index (χ1n) is 6.77. The van der Waals surface area contributed by atoms with Crippen molar-refractivity contribution in [2.45, 2.75) is 32.6 Å². The van der Waals surface area contributed by atoms with E-state index in [1.165, 1.54) is 12.8 Å². The third-order valence-corrected chi connectivity index (χ3v) is 3.17. The van der Waals surface area contributed by atoms with Crippen molar-refractivity contribution in [3.05, 3.63) is 24.0 Å². The van der Waals surface area contributed by atoms with E-state index in [9.17, 15) is 4.79 Å². The van der Waals surface area contributed by atoms with Gasteiger partial charge in [-0.1, -0.05) is 19.8 Å². The normalized spacial score (nSPS) is 14.3. The number of nitrogens with one attached hydrogen (secondary N) is 2. The Kier molecular flexibility index (Phi) is 4.56. The Morgan fingerprint density at radius 3 is 3.00 bits per heavy atom. The summed E-state index contributed by atoms with van der Waals surface area (Å²) >= 11 is 0. The number of carbonyl (C=O) groups is 1. The highest BCUT2D eigenvalue weighted by molar-refractivity contribution is 5.99. The molecule has 1 saturated carbocycles. The lowest BCUT2D eigenvalue weighted by molar-refractivity contribution is 0.0953. The van der Waals surface area contributed by atoms with Crippen LogP contribution in [0.3, 0.4) is 0 Å². The molecule has 1 amide bonds. The van der Waals surface area contributed by atoms with Crippen molar-refractivity contribution < 1.29 is 4.79 Å². The van der Waals surface area contributed by atoms with Crippen LogP contribution in [0.25, 0.3) is 0 Å². The van der Waals surface area contributed by atoms with Crippen LogP contribution in [0.2, 0.25) is 0 Å². The maximum absolute atomic E-state index is 12.0. The number of pyridine rings is 1. The highest BCUT2D eigenvalue weighted by atomic mass is 16.1. The monoisotopic (exact) mass is 247 g/mol. The van der Waals surface area contributed by atoms with Crippen LogP contribution in [0.5, 0.6) is 0 Å². The van der Waals surface area contributed by atoms with Gasteiger partial charge in [0.25, 0.3) is 5.91 Å². The summed E-state index contributed by atoms with van der Waals surface area (Å²) in [7, 11) is 0. The van der Waals surface area contributed by atoms with Gasteiger partial charge in [0.15, 0.2) is 0 Å². The van der Waals surface area contributed by atoms with Gasteiger partial charge in [0.2, 0.25) is 0 Å². The lowest BCUT2D eigenvalue weighted by Gasteiger charge is -2.10. The number of rotatable bonds is 7. The Balaban J connectivity index is 1.90. The van der Waals surface area contributed by atoms with Gasteiger partial charge in [-0.2, -0.15) is 0 Å². The van der Waals surface area contributed by atoms with Crippen LogP contribution < -0.4 is 10.6 Å². The summed E-state index contributed by atoms with van der Waals surface area (Å²) in [6.45, 7) is 3.74. The summed E-state index contributed by atoms with van der Waals surface area (Å²) in [5.74, 6) is 0.819. The Labute approximate surface area is 108 Å². The van der Waals surface area contributed by atoms with Gasteiger partial charge >= 0.3 is 0 Å². The average molecular weight is 247 g/mol. The summed E-state index contributed by atoms with van der Waals surface area (Å²) in [6, 6.07) is 1.85. The molecule has 2 N–H and O–H groups in total. The van der Waals surface area contributed by atoms with Crippen LogP contribution in [-0.4, -0.2) is 24.0 Å². The van der Waals surface area contributed by atoms with Gasteiger partial charge in [0, 0.05) is 25.5 Å². The van der Waals surface area contributed by atoms with Crippen LogP contribution in [0.15, 0.2) is 18.5 Å². The number of anilines is 1. The summed E-state index contributed by atoms with van der Waals surface area (Å²) in [5, 5.41) is 6.22. The van der Waals surface area contributed by atoms with E-state index in [1.54, 1.807) is 12.4 Å². The molecule has 18 heavy (non-hydrogen) atoms. The number of amides is 1. The van der Waals surface area contributed by atoms with Crippen LogP contribution in [0, 0.1) is 5.92 Å². The minimum absolute atomic E-state index is 0.0256. The molecule has 2 rings (SSSR count). The molecule has 0 unspecified atom stereocenters. The van der Waals surface area contributed by atoms with Gasteiger partial charge in [-0.25, -0.2) is 0 Å². The molecule has 1 aliphatic rings. The second-order valence-corrected chi connectivity index (χ2v) is 4.84. The van der Waals surface area contributed by atoms with Crippen molar-refractivity contribution in [2.24, 2.45) is 5.92 Å². The topological polar surface area (TPSA) is 54.0 Å². The van der Waals surface area contributed by atoms with E-state index >= 15 is 0 Å². The van der Waals surface area contributed by atoms with Crippen molar-refractivity contribution in [1.29, 1.82) is 0 Å². The fourth-order valence-electron chi connectivity index (χ4n) is 1.88. The van der Waals surface area contributed by atoms with Gasteiger partial charge in [-0.15, -0.1) is 0 Å². The molecule has 98 valence electrons. The van der Waals surface area contributed by atoms with E-state index in [1.807, 2.05) is 6.07 Å². The zero-order valence-corrected chi connectivity index (χ0v) is 10.9. The number of aromatic nitrogens is 1. The molecular weight excluding hydrogens is 226 g/mol. The predicted octanol–water partition coefficient (Wildman–Crippen LogP) is 2.43. The molecule has 4 nitrogen and oxygen atoms in total.